The third-order valence-corrected chi connectivity index (χ3v) is 4.84. The van der Waals surface area contributed by atoms with Crippen LogP contribution in [0.2, 0.25) is 0 Å². The number of hydrogen-bond acceptors (Lipinski definition) is 4. The van der Waals surface area contributed by atoms with E-state index in [0.717, 1.165) is 0 Å². The number of benzene rings is 3. The van der Waals surface area contributed by atoms with Gasteiger partial charge in [0.25, 0.3) is 0 Å². The van der Waals surface area contributed by atoms with Crippen molar-refractivity contribution in [1.29, 1.82) is 0 Å². The van der Waals surface area contributed by atoms with Crippen LogP contribution < -0.4 is 10.4 Å². The van der Waals surface area contributed by atoms with Crippen LogP contribution in [0.5, 0.6) is 5.75 Å². The molecule has 0 bridgehead atoms. The van der Waals surface area contributed by atoms with Crippen LogP contribution in [-0.4, -0.2) is 32.4 Å². The van der Waals surface area contributed by atoms with Crippen LogP contribution >= 0.6 is 0 Å². The fraction of sp³-hybridized carbons (Fsp3) is 0.0833. The third kappa shape index (κ3) is 4.17. The number of aliphatic carboxylic acids is 1. The van der Waals surface area contributed by atoms with Crippen molar-refractivity contribution in [3.05, 3.63) is 88.5 Å². The minimum Gasteiger partial charge on any atom is -0.508 e. The standard InChI is InChI=1S/C24H20O6/c1-14(25)19(17-8-4-2-6-15(17)10-11-22(26)27)13-20-18-9-5-3-7-16(18)12-21(23(20)28)24(29)30/h2-10,12,25,28H,1,11,13H2,(H,26,27)(H,29,30)/b15-10-,19-17-. The van der Waals surface area contributed by atoms with Crippen molar-refractivity contribution < 1.29 is 30.0 Å². The summed E-state index contributed by atoms with van der Waals surface area (Å²) in [7, 11) is 0. The van der Waals surface area contributed by atoms with Gasteiger partial charge in [0.2, 0.25) is 0 Å². The molecule has 0 aliphatic rings. The first-order valence-electron chi connectivity index (χ1n) is 9.15. The molecule has 0 radical (unpaired) electrons. The highest BCUT2D eigenvalue weighted by atomic mass is 16.4. The lowest BCUT2D eigenvalue weighted by Gasteiger charge is -2.14. The first-order chi connectivity index (χ1) is 14.3. The maximum atomic E-state index is 11.6. The summed E-state index contributed by atoms with van der Waals surface area (Å²) in [6.07, 6.45) is 1.32. The zero-order chi connectivity index (χ0) is 21.8. The predicted octanol–water partition coefficient (Wildman–Crippen LogP) is 2.96. The molecule has 3 aromatic carbocycles. The van der Waals surface area contributed by atoms with Gasteiger partial charge < -0.3 is 20.4 Å². The molecule has 0 unspecified atom stereocenters. The van der Waals surface area contributed by atoms with E-state index < -0.39 is 11.9 Å². The summed E-state index contributed by atoms with van der Waals surface area (Å²) in [5, 5.41) is 41.9. The Balaban J connectivity index is 2.33. The SMILES string of the molecule is C=C(O)/C(Cc1c(O)c(C(=O)O)cc2ccccc12)=c1/cccc/c1=C/CC(=O)O. The van der Waals surface area contributed by atoms with Gasteiger partial charge in [-0.05, 0) is 27.3 Å². The maximum Gasteiger partial charge on any atom is 0.339 e. The van der Waals surface area contributed by atoms with Gasteiger partial charge in [-0.15, -0.1) is 0 Å². The third-order valence-electron chi connectivity index (χ3n) is 4.84. The number of carboxylic acids is 2. The molecule has 3 rings (SSSR count). The highest BCUT2D eigenvalue weighted by Crippen LogP contribution is 2.34. The fourth-order valence-corrected chi connectivity index (χ4v) is 3.43. The van der Waals surface area contributed by atoms with Crippen molar-refractivity contribution in [1.82, 2.24) is 0 Å². The molecule has 0 spiro atoms. The van der Waals surface area contributed by atoms with Crippen molar-refractivity contribution in [3.63, 3.8) is 0 Å². The van der Waals surface area contributed by atoms with Gasteiger partial charge in [0, 0.05) is 17.6 Å². The monoisotopic (exact) mass is 404 g/mol. The number of aromatic carboxylic acids is 1. The lowest BCUT2D eigenvalue weighted by molar-refractivity contribution is -0.135. The van der Waals surface area contributed by atoms with Crippen LogP contribution in [0.25, 0.3) is 22.4 Å². The molecule has 6 nitrogen and oxygen atoms in total. The Morgan fingerprint density at radius 3 is 2.30 bits per heavy atom. The molecule has 0 saturated carbocycles. The van der Waals surface area contributed by atoms with Gasteiger partial charge in [-0.25, -0.2) is 4.79 Å². The lowest BCUT2D eigenvalue weighted by Crippen LogP contribution is -2.28. The molecule has 6 heteroatoms. The summed E-state index contributed by atoms with van der Waals surface area (Å²) in [4.78, 5) is 22.6. The number of hydrogen-bond donors (Lipinski definition) is 4. The molecule has 152 valence electrons. The Bertz CT molecular complexity index is 1290. The fourth-order valence-electron chi connectivity index (χ4n) is 3.43. The average Bonchev–Trinajstić information content (AvgIpc) is 2.71. The maximum absolute atomic E-state index is 11.6. The number of rotatable bonds is 6. The molecule has 0 fully saturated rings. The average molecular weight is 404 g/mol. The molecule has 0 atom stereocenters. The van der Waals surface area contributed by atoms with E-state index in [1.165, 1.54) is 12.1 Å². The van der Waals surface area contributed by atoms with Crippen LogP contribution in [0.1, 0.15) is 22.3 Å². The summed E-state index contributed by atoms with van der Waals surface area (Å²) in [5.74, 6) is -2.90. The van der Waals surface area contributed by atoms with Gasteiger partial charge in [0.05, 0.1) is 6.42 Å². The molecule has 3 aromatic rings. The normalized spacial score (nSPS) is 12.6. The summed E-state index contributed by atoms with van der Waals surface area (Å²) in [6.45, 7) is 3.62. The molecule has 0 aromatic heterocycles. The van der Waals surface area contributed by atoms with E-state index in [1.807, 2.05) is 0 Å². The molecule has 0 aliphatic carbocycles. The Kier molecular flexibility index (Phi) is 5.88. The lowest BCUT2D eigenvalue weighted by atomic mass is 9.92. The van der Waals surface area contributed by atoms with Crippen LogP contribution in [-0.2, 0) is 11.2 Å². The highest BCUT2D eigenvalue weighted by Gasteiger charge is 2.19. The van der Waals surface area contributed by atoms with E-state index in [-0.39, 0.29) is 29.9 Å². The second-order valence-corrected chi connectivity index (χ2v) is 6.77. The van der Waals surface area contributed by atoms with Crippen molar-refractivity contribution in [2.24, 2.45) is 0 Å². The summed E-state index contributed by atoms with van der Waals surface area (Å²) in [5.41, 5.74) is 0.455. The van der Waals surface area contributed by atoms with E-state index in [9.17, 15) is 24.9 Å². The van der Waals surface area contributed by atoms with Gasteiger partial charge in [0.15, 0.2) is 0 Å². The Hall–Kier alpha value is -4.06. The minimum atomic E-state index is -1.26. The van der Waals surface area contributed by atoms with Crippen LogP contribution in [0.15, 0.2) is 66.9 Å². The van der Waals surface area contributed by atoms with Gasteiger partial charge in [-0.3, -0.25) is 4.79 Å². The van der Waals surface area contributed by atoms with Gasteiger partial charge >= 0.3 is 11.9 Å². The van der Waals surface area contributed by atoms with E-state index in [0.29, 0.717) is 32.3 Å². The quantitative estimate of drug-likeness (QED) is 0.470. The predicted molar refractivity (Wildman–Crippen MR) is 114 cm³/mol. The number of phenols is 1. The van der Waals surface area contributed by atoms with Crippen molar-refractivity contribution in [2.45, 2.75) is 12.8 Å². The Labute approximate surface area is 172 Å². The number of carboxylic acid groups (broad SMARTS) is 2. The minimum absolute atomic E-state index is 0.000719. The van der Waals surface area contributed by atoms with E-state index in [2.05, 4.69) is 6.58 Å². The van der Waals surface area contributed by atoms with Crippen molar-refractivity contribution >= 4 is 34.4 Å². The number of aromatic hydroxyl groups is 1. The Morgan fingerprint density at radius 1 is 0.967 bits per heavy atom. The second kappa shape index (κ2) is 8.53. The van der Waals surface area contributed by atoms with Crippen LogP contribution in [0, 0.1) is 0 Å². The van der Waals surface area contributed by atoms with Gasteiger partial charge in [0.1, 0.15) is 17.1 Å². The highest BCUT2D eigenvalue weighted by molar-refractivity contribution is 6.00. The zero-order valence-electron chi connectivity index (χ0n) is 16.0. The molecule has 4 N–H and O–H groups in total. The van der Waals surface area contributed by atoms with Gasteiger partial charge in [-0.2, -0.15) is 0 Å². The molecule has 30 heavy (non-hydrogen) atoms. The van der Waals surface area contributed by atoms with Crippen molar-refractivity contribution in [2.75, 3.05) is 0 Å². The largest absolute Gasteiger partial charge is 0.508 e. The van der Waals surface area contributed by atoms with Crippen molar-refractivity contribution in [3.8, 4) is 5.75 Å². The Morgan fingerprint density at radius 2 is 1.63 bits per heavy atom. The number of fused-ring (bicyclic) bond motifs is 1. The number of aliphatic hydroxyl groups excluding tert-OH is 1. The van der Waals surface area contributed by atoms with E-state index >= 15 is 0 Å². The number of aliphatic hydroxyl groups is 1. The summed E-state index contributed by atoms with van der Waals surface area (Å²) in [6, 6.07) is 15.3. The van der Waals surface area contributed by atoms with E-state index in [1.54, 1.807) is 48.5 Å². The summed E-state index contributed by atoms with van der Waals surface area (Å²) >= 11 is 0. The zero-order valence-corrected chi connectivity index (χ0v) is 16.0. The molecule has 0 saturated heterocycles. The first kappa shape index (κ1) is 20.7. The smallest absolute Gasteiger partial charge is 0.339 e. The first-order valence-corrected chi connectivity index (χ1v) is 9.15. The molecule has 0 amide bonds. The summed E-state index contributed by atoms with van der Waals surface area (Å²) < 4.78 is 0. The van der Waals surface area contributed by atoms with Gasteiger partial charge in [-0.1, -0.05) is 61.2 Å². The van der Waals surface area contributed by atoms with Crippen LogP contribution in [0.4, 0.5) is 0 Å². The van der Waals surface area contributed by atoms with E-state index in [4.69, 9.17) is 5.11 Å². The number of allylic oxidation sites excluding steroid dienone is 1. The number of carbonyl (C=O) groups is 2. The molecule has 0 heterocycles. The molecular formula is C24H20O6. The molecular weight excluding hydrogens is 384 g/mol. The molecule has 0 aliphatic heterocycles. The second-order valence-electron chi connectivity index (χ2n) is 6.77. The topological polar surface area (TPSA) is 115 Å². The van der Waals surface area contributed by atoms with Crippen LogP contribution in [0.3, 0.4) is 0 Å².